The van der Waals surface area contributed by atoms with Crippen molar-refractivity contribution in [3.63, 3.8) is 0 Å². The minimum atomic E-state index is 0.112. The highest BCUT2D eigenvalue weighted by molar-refractivity contribution is 7.16. The SMILES string of the molecule is Cc1cnc2c(c1)nc(CCl)n2C(C)c1ccc(Cl)s1. The lowest BCUT2D eigenvalue weighted by atomic mass is 10.2. The summed E-state index contributed by atoms with van der Waals surface area (Å²) in [5, 5.41) is 0. The number of rotatable bonds is 3. The van der Waals surface area contributed by atoms with Crippen molar-refractivity contribution in [2.45, 2.75) is 25.8 Å². The van der Waals surface area contributed by atoms with Gasteiger partial charge in [0, 0.05) is 11.1 Å². The van der Waals surface area contributed by atoms with Gasteiger partial charge in [0.15, 0.2) is 5.65 Å². The lowest BCUT2D eigenvalue weighted by molar-refractivity contribution is 0.639. The average molecular weight is 326 g/mol. The van der Waals surface area contributed by atoms with E-state index in [1.807, 2.05) is 31.3 Å². The number of hydrogen-bond acceptors (Lipinski definition) is 3. The van der Waals surface area contributed by atoms with Crippen molar-refractivity contribution in [2.75, 3.05) is 0 Å². The largest absolute Gasteiger partial charge is 0.304 e. The highest BCUT2D eigenvalue weighted by Gasteiger charge is 2.19. The molecule has 0 aliphatic carbocycles. The molecular weight excluding hydrogens is 313 g/mol. The third-order valence-electron chi connectivity index (χ3n) is 3.25. The van der Waals surface area contributed by atoms with E-state index >= 15 is 0 Å². The number of alkyl halides is 1. The number of aromatic nitrogens is 3. The van der Waals surface area contributed by atoms with Crippen molar-refractivity contribution in [2.24, 2.45) is 0 Å². The van der Waals surface area contributed by atoms with Gasteiger partial charge in [-0.05, 0) is 37.6 Å². The second-order valence-corrected chi connectivity index (χ2v) is 6.72. The molecule has 1 atom stereocenters. The highest BCUT2D eigenvalue weighted by Crippen LogP contribution is 2.32. The van der Waals surface area contributed by atoms with Gasteiger partial charge in [-0.1, -0.05) is 11.6 Å². The van der Waals surface area contributed by atoms with Crippen LogP contribution in [-0.4, -0.2) is 14.5 Å². The molecule has 6 heteroatoms. The molecule has 0 spiro atoms. The van der Waals surface area contributed by atoms with Gasteiger partial charge in [-0.15, -0.1) is 22.9 Å². The van der Waals surface area contributed by atoms with E-state index in [0.29, 0.717) is 5.88 Å². The van der Waals surface area contributed by atoms with Gasteiger partial charge < -0.3 is 4.57 Å². The molecule has 0 aliphatic heterocycles. The van der Waals surface area contributed by atoms with Gasteiger partial charge in [0.25, 0.3) is 0 Å². The first kappa shape index (κ1) is 13.9. The van der Waals surface area contributed by atoms with Gasteiger partial charge in [0.05, 0.1) is 16.3 Å². The first-order valence-electron chi connectivity index (χ1n) is 6.25. The minimum Gasteiger partial charge on any atom is -0.304 e. The van der Waals surface area contributed by atoms with Crippen molar-refractivity contribution < 1.29 is 0 Å². The Morgan fingerprint density at radius 2 is 2.20 bits per heavy atom. The van der Waals surface area contributed by atoms with Crippen LogP contribution in [0.15, 0.2) is 24.4 Å². The van der Waals surface area contributed by atoms with Gasteiger partial charge >= 0.3 is 0 Å². The van der Waals surface area contributed by atoms with Crippen LogP contribution in [0.5, 0.6) is 0 Å². The Morgan fingerprint density at radius 1 is 1.40 bits per heavy atom. The molecule has 104 valence electrons. The average Bonchev–Trinajstić information content (AvgIpc) is 3.00. The van der Waals surface area contributed by atoms with Crippen molar-refractivity contribution >= 4 is 45.7 Å². The van der Waals surface area contributed by atoms with Crippen molar-refractivity contribution in [3.05, 3.63) is 45.0 Å². The van der Waals surface area contributed by atoms with Crippen LogP contribution >= 0.6 is 34.5 Å². The van der Waals surface area contributed by atoms with Gasteiger partial charge in [-0.3, -0.25) is 0 Å². The quantitative estimate of drug-likeness (QED) is 0.647. The Labute approximate surface area is 131 Å². The second-order valence-electron chi connectivity index (χ2n) is 4.70. The second kappa shape index (κ2) is 5.35. The summed E-state index contributed by atoms with van der Waals surface area (Å²) in [5.74, 6) is 1.19. The first-order valence-corrected chi connectivity index (χ1v) is 7.97. The fourth-order valence-corrected chi connectivity index (χ4v) is 3.60. The zero-order valence-electron chi connectivity index (χ0n) is 11.1. The summed E-state index contributed by atoms with van der Waals surface area (Å²) in [6, 6.07) is 6.09. The maximum Gasteiger partial charge on any atom is 0.160 e. The molecule has 20 heavy (non-hydrogen) atoms. The summed E-state index contributed by atoms with van der Waals surface area (Å²) in [7, 11) is 0. The van der Waals surface area contributed by atoms with Crippen LogP contribution in [-0.2, 0) is 5.88 Å². The summed E-state index contributed by atoms with van der Waals surface area (Å²) in [6.07, 6.45) is 1.85. The number of thiophene rings is 1. The summed E-state index contributed by atoms with van der Waals surface area (Å²) in [6.45, 7) is 4.12. The minimum absolute atomic E-state index is 0.112. The summed E-state index contributed by atoms with van der Waals surface area (Å²) < 4.78 is 2.87. The van der Waals surface area contributed by atoms with Crippen LogP contribution in [0.1, 0.15) is 29.2 Å². The van der Waals surface area contributed by atoms with Crippen molar-refractivity contribution in [3.8, 4) is 0 Å². The predicted molar refractivity (Wildman–Crippen MR) is 85.0 cm³/mol. The van der Waals surface area contributed by atoms with Gasteiger partial charge in [0.1, 0.15) is 11.3 Å². The molecule has 3 aromatic heterocycles. The Morgan fingerprint density at radius 3 is 2.85 bits per heavy atom. The monoisotopic (exact) mass is 325 g/mol. The summed E-state index contributed by atoms with van der Waals surface area (Å²) >= 11 is 13.6. The standard InChI is InChI=1S/C14H13Cl2N3S/c1-8-5-10-14(17-7-8)19(13(6-15)18-10)9(2)11-3-4-12(16)20-11/h3-5,7,9H,6H2,1-2H3. The molecule has 0 saturated carbocycles. The Hall–Kier alpha value is -1.10. The van der Waals surface area contributed by atoms with E-state index in [1.165, 1.54) is 4.88 Å². The third kappa shape index (κ3) is 2.32. The Bertz CT molecular complexity index is 763. The molecular formula is C14H13Cl2N3S. The summed E-state index contributed by atoms with van der Waals surface area (Å²) in [4.78, 5) is 10.3. The van der Waals surface area contributed by atoms with E-state index in [4.69, 9.17) is 23.2 Å². The third-order valence-corrected chi connectivity index (χ3v) is 4.89. The van der Waals surface area contributed by atoms with Gasteiger partial charge in [0.2, 0.25) is 0 Å². The topological polar surface area (TPSA) is 30.7 Å². The van der Waals surface area contributed by atoms with Gasteiger partial charge in [-0.2, -0.15) is 0 Å². The number of imidazole rings is 1. The van der Waals surface area contributed by atoms with Crippen LogP contribution < -0.4 is 0 Å². The van der Waals surface area contributed by atoms with Crippen LogP contribution in [0.25, 0.3) is 11.2 Å². The normalized spacial score (nSPS) is 13.0. The molecule has 3 heterocycles. The molecule has 0 radical (unpaired) electrons. The highest BCUT2D eigenvalue weighted by atomic mass is 35.5. The van der Waals surface area contributed by atoms with E-state index < -0.39 is 0 Å². The predicted octanol–water partition coefficient (Wildman–Crippen LogP) is 4.80. The Balaban J connectivity index is 2.18. The number of fused-ring (bicyclic) bond motifs is 1. The number of nitrogens with zero attached hydrogens (tertiary/aromatic N) is 3. The first-order chi connectivity index (χ1) is 9.60. The van der Waals surface area contributed by atoms with Crippen LogP contribution in [0.4, 0.5) is 0 Å². The number of halogens is 2. The summed E-state index contributed by atoms with van der Waals surface area (Å²) in [5.41, 5.74) is 2.84. The van der Waals surface area contributed by atoms with E-state index in [-0.39, 0.29) is 6.04 Å². The lowest BCUT2D eigenvalue weighted by Crippen LogP contribution is -2.09. The zero-order valence-corrected chi connectivity index (χ0v) is 13.4. The van der Waals surface area contributed by atoms with Crippen LogP contribution in [0.3, 0.4) is 0 Å². The lowest BCUT2D eigenvalue weighted by Gasteiger charge is -2.14. The van der Waals surface area contributed by atoms with E-state index in [9.17, 15) is 0 Å². The molecule has 1 unspecified atom stereocenters. The fourth-order valence-electron chi connectivity index (χ4n) is 2.31. The number of aryl methyl sites for hydroxylation is 1. The van der Waals surface area contributed by atoms with Crippen LogP contribution in [0.2, 0.25) is 4.34 Å². The number of hydrogen-bond donors (Lipinski definition) is 0. The smallest absolute Gasteiger partial charge is 0.160 e. The molecule has 0 saturated heterocycles. The maximum atomic E-state index is 6.05. The van der Waals surface area contributed by atoms with Gasteiger partial charge in [-0.25, -0.2) is 9.97 Å². The van der Waals surface area contributed by atoms with E-state index in [0.717, 1.165) is 26.9 Å². The molecule has 0 fully saturated rings. The molecule has 0 N–H and O–H groups in total. The van der Waals surface area contributed by atoms with Crippen molar-refractivity contribution in [1.82, 2.24) is 14.5 Å². The maximum absolute atomic E-state index is 6.05. The molecule has 0 aromatic carbocycles. The van der Waals surface area contributed by atoms with Crippen LogP contribution in [0, 0.1) is 6.92 Å². The van der Waals surface area contributed by atoms with E-state index in [2.05, 4.69) is 21.5 Å². The Kier molecular flexibility index (Phi) is 3.71. The fraction of sp³-hybridized carbons (Fsp3) is 0.286. The molecule has 3 aromatic rings. The zero-order chi connectivity index (χ0) is 14.3. The molecule has 0 bridgehead atoms. The van der Waals surface area contributed by atoms with E-state index in [1.54, 1.807) is 11.3 Å². The number of pyridine rings is 1. The molecule has 3 rings (SSSR count). The van der Waals surface area contributed by atoms with Crippen molar-refractivity contribution in [1.29, 1.82) is 0 Å². The molecule has 0 amide bonds. The molecule has 0 aliphatic rings. The molecule has 3 nitrogen and oxygen atoms in total.